The van der Waals surface area contributed by atoms with Crippen molar-refractivity contribution < 1.29 is 33.4 Å². The van der Waals surface area contributed by atoms with Crippen LogP contribution in [-0.2, 0) is 23.8 Å². The van der Waals surface area contributed by atoms with E-state index < -0.39 is 41.3 Å². The maximum absolute atomic E-state index is 13.7. The number of hydrogen-bond acceptors (Lipinski definition) is 7. The van der Waals surface area contributed by atoms with E-state index in [1.807, 2.05) is 0 Å². The van der Waals surface area contributed by atoms with E-state index in [2.05, 4.69) is 6.58 Å². The summed E-state index contributed by atoms with van der Waals surface area (Å²) in [5.41, 5.74) is -1.53. The van der Waals surface area contributed by atoms with Crippen LogP contribution in [0.3, 0.4) is 0 Å². The van der Waals surface area contributed by atoms with Crippen LogP contribution in [0.15, 0.2) is 36.1 Å². The van der Waals surface area contributed by atoms with Crippen molar-refractivity contribution in [3.05, 3.63) is 36.1 Å². The summed E-state index contributed by atoms with van der Waals surface area (Å²) in [6.07, 6.45) is 3.07. The summed E-state index contributed by atoms with van der Waals surface area (Å²) < 4.78 is 16.0. The molecule has 0 aromatic heterocycles. The fraction of sp³-hybridized carbons (Fsp3) is 0.583. The van der Waals surface area contributed by atoms with E-state index in [0.717, 1.165) is 0 Å². The second kappa shape index (κ2) is 11.2. The van der Waals surface area contributed by atoms with Crippen LogP contribution in [0.4, 0.5) is 9.59 Å². The topological polar surface area (TPSA) is 102 Å². The van der Waals surface area contributed by atoms with E-state index in [1.54, 1.807) is 61.5 Å². The number of hydrogen-bond donors (Lipinski definition) is 0. The first kappa shape index (κ1) is 27.9. The van der Waals surface area contributed by atoms with Crippen molar-refractivity contribution in [3.8, 4) is 0 Å². The molecule has 9 nitrogen and oxygen atoms in total. The van der Waals surface area contributed by atoms with E-state index in [9.17, 15) is 19.2 Å². The Balaban J connectivity index is 3.49. The smallest absolute Gasteiger partial charge is 0.422 e. The highest BCUT2D eigenvalue weighted by Crippen LogP contribution is 2.25. The average Bonchev–Trinajstić information content (AvgIpc) is 3.16. The van der Waals surface area contributed by atoms with E-state index in [0.29, 0.717) is 16.9 Å². The lowest BCUT2D eigenvalue weighted by Crippen LogP contribution is -2.52. The van der Waals surface area contributed by atoms with Crippen molar-refractivity contribution in [1.82, 2.24) is 9.80 Å². The lowest BCUT2D eigenvalue weighted by atomic mass is 10.1. The minimum absolute atomic E-state index is 0.108. The maximum atomic E-state index is 13.7. The molecule has 0 bridgehead atoms. The summed E-state index contributed by atoms with van der Waals surface area (Å²) in [7, 11) is 0. The first-order chi connectivity index (χ1) is 15.1. The Bertz CT molecular complexity index is 844. The van der Waals surface area contributed by atoms with Crippen LogP contribution in [-0.4, -0.2) is 64.3 Å². The van der Waals surface area contributed by atoms with Gasteiger partial charge in [-0.2, -0.15) is 0 Å². The van der Waals surface area contributed by atoms with Crippen LogP contribution >= 0.6 is 0 Å². The molecule has 9 heteroatoms. The van der Waals surface area contributed by atoms with Crippen LogP contribution < -0.4 is 0 Å². The second-order valence-electron chi connectivity index (χ2n) is 9.53. The van der Waals surface area contributed by atoms with Gasteiger partial charge in [0.15, 0.2) is 0 Å². The minimum atomic E-state index is -1.17. The first-order valence-corrected chi connectivity index (χ1v) is 10.8. The molecule has 0 fully saturated rings. The van der Waals surface area contributed by atoms with Gasteiger partial charge in [-0.3, -0.25) is 9.69 Å². The highest BCUT2D eigenvalue weighted by molar-refractivity contribution is 6.06. The summed E-state index contributed by atoms with van der Waals surface area (Å²) in [5.74, 6) is -1.71. The Labute approximate surface area is 196 Å². The number of ether oxygens (including phenoxy) is 3. The molecule has 0 radical (unpaired) electrons. The number of carbonyl (C=O) groups is 4. The summed E-state index contributed by atoms with van der Waals surface area (Å²) >= 11 is 0. The fourth-order valence-corrected chi connectivity index (χ4v) is 2.80. The molecule has 33 heavy (non-hydrogen) atoms. The third kappa shape index (κ3) is 8.07. The normalized spacial score (nSPS) is 16.6. The van der Waals surface area contributed by atoms with Crippen molar-refractivity contribution in [1.29, 1.82) is 0 Å². The van der Waals surface area contributed by atoms with Crippen molar-refractivity contribution in [2.45, 2.75) is 79.1 Å². The van der Waals surface area contributed by atoms with Gasteiger partial charge in [-0.15, -0.1) is 0 Å². The monoisotopic (exact) mass is 464 g/mol. The van der Waals surface area contributed by atoms with Crippen LogP contribution in [0.2, 0.25) is 0 Å². The van der Waals surface area contributed by atoms with Gasteiger partial charge in [0.25, 0.3) is 5.91 Å². The van der Waals surface area contributed by atoms with Crippen LogP contribution in [0.1, 0.15) is 61.8 Å². The van der Waals surface area contributed by atoms with Gasteiger partial charge in [0.2, 0.25) is 0 Å². The molecule has 1 rings (SSSR count). The van der Waals surface area contributed by atoms with Gasteiger partial charge in [-0.05, 0) is 60.5 Å². The predicted molar refractivity (Wildman–Crippen MR) is 123 cm³/mol. The highest BCUT2D eigenvalue weighted by atomic mass is 16.6. The quantitative estimate of drug-likeness (QED) is 0.249. The molecule has 0 aromatic rings. The molecular formula is C24H36N2O7. The second-order valence-corrected chi connectivity index (χ2v) is 9.53. The van der Waals surface area contributed by atoms with Gasteiger partial charge in [-0.1, -0.05) is 31.7 Å². The van der Waals surface area contributed by atoms with Gasteiger partial charge < -0.3 is 14.2 Å². The fourth-order valence-electron chi connectivity index (χ4n) is 2.80. The van der Waals surface area contributed by atoms with E-state index in [4.69, 9.17) is 14.2 Å². The van der Waals surface area contributed by atoms with Crippen molar-refractivity contribution in [2.75, 3.05) is 13.2 Å². The number of carbonyl (C=O) groups excluding carboxylic acids is 4. The molecule has 0 saturated carbocycles. The Morgan fingerprint density at radius 3 is 2.15 bits per heavy atom. The molecule has 1 atom stereocenters. The first-order valence-electron chi connectivity index (χ1n) is 10.8. The van der Waals surface area contributed by atoms with Crippen molar-refractivity contribution in [3.63, 3.8) is 0 Å². The van der Waals surface area contributed by atoms with Crippen LogP contribution in [0.5, 0.6) is 0 Å². The van der Waals surface area contributed by atoms with E-state index in [1.165, 1.54) is 17.1 Å². The molecule has 0 N–H and O–H groups in total. The predicted octanol–water partition coefficient (Wildman–Crippen LogP) is 4.34. The molecule has 1 heterocycles. The standard InChI is InChI=1S/C24H36N2O7/c1-10-15-31-20(28)18(16(3)11-2)26(22(30)33-24(7,8)9)19(27)17-13-12-14-25(17)21(29)32-23(4,5)6/h10,12-13,17H,1,11,14-15H2,2-9H3/b18-16+/t17-/m0/s1. The summed E-state index contributed by atoms with van der Waals surface area (Å²) in [4.78, 5) is 54.2. The van der Waals surface area contributed by atoms with E-state index >= 15 is 0 Å². The number of allylic oxidation sites excluding steroid dienone is 1. The Morgan fingerprint density at radius 1 is 1.09 bits per heavy atom. The van der Waals surface area contributed by atoms with E-state index in [-0.39, 0.29) is 18.8 Å². The zero-order valence-corrected chi connectivity index (χ0v) is 20.9. The van der Waals surface area contributed by atoms with Crippen molar-refractivity contribution in [2.24, 2.45) is 0 Å². The largest absolute Gasteiger partial charge is 0.457 e. The molecule has 1 aliphatic rings. The molecule has 0 aliphatic carbocycles. The number of amides is 3. The Morgan fingerprint density at radius 2 is 1.67 bits per heavy atom. The lowest BCUT2D eigenvalue weighted by molar-refractivity contribution is -0.144. The molecule has 0 saturated heterocycles. The van der Waals surface area contributed by atoms with Gasteiger partial charge in [0.05, 0.1) is 0 Å². The van der Waals surface area contributed by atoms with Crippen molar-refractivity contribution >= 4 is 24.1 Å². The number of imide groups is 1. The summed E-state index contributed by atoms with van der Waals surface area (Å²) in [6.45, 7) is 16.9. The van der Waals surface area contributed by atoms with Gasteiger partial charge >= 0.3 is 18.2 Å². The van der Waals surface area contributed by atoms with Gasteiger partial charge in [-0.25, -0.2) is 19.3 Å². The Hall–Kier alpha value is -3.10. The summed E-state index contributed by atoms with van der Waals surface area (Å²) in [6, 6.07) is -1.17. The maximum Gasteiger partial charge on any atom is 0.422 e. The zero-order valence-electron chi connectivity index (χ0n) is 20.9. The molecule has 0 spiro atoms. The van der Waals surface area contributed by atoms with Gasteiger partial charge in [0, 0.05) is 6.54 Å². The number of nitrogens with zero attached hydrogens (tertiary/aromatic N) is 2. The third-order valence-electron chi connectivity index (χ3n) is 4.32. The molecular weight excluding hydrogens is 428 g/mol. The number of esters is 1. The molecule has 1 aliphatic heterocycles. The average molecular weight is 465 g/mol. The zero-order chi connectivity index (χ0) is 25.6. The van der Waals surface area contributed by atoms with Crippen LogP contribution in [0, 0.1) is 0 Å². The molecule has 3 amide bonds. The minimum Gasteiger partial charge on any atom is -0.457 e. The molecule has 184 valence electrons. The SMILES string of the molecule is C=CCOC(=O)/C(=C(/C)CC)N(C(=O)OC(C)(C)C)C(=O)[C@@H]1C=CCN1C(=O)OC(C)(C)C. The van der Waals surface area contributed by atoms with Crippen LogP contribution in [0.25, 0.3) is 0 Å². The number of rotatable bonds is 6. The third-order valence-corrected chi connectivity index (χ3v) is 4.32. The molecule has 0 aromatic carbocycles. The summed E-state index contributed by atoms with van der Waals surface area (Å²) in [5, 5.41) is 0. The molecule has 0 unspecified atom stereocenters. The highest BCUT2D eigenvalue weighted by Gasteiger charge is 2.43. The van der Waals surface area contributed by atoms with Gasteiger partial charge in [0.1, 0.15) is 29.5 Å². The Kier molecular flexibility index (Phi) is 9.45. The lowest BCUT2D eigenvalue weighted by Gasteiger charge is -2.32.